The van der Waals surface area contributed by atoms with Crippen LogP contribution in [0.2, 0.25) is 0 Å². The summed E-state index contributed by atoms with van der Waals surface area (Å²) in [7, 11) is 1.93. The van der Waals surface area contributed by atoms with Crippen molar-refractivity contribution in [2.24, 2.45) is 7.05 Å². The highest BCUT2D eigenvalue weighted by Gasteiger charge is 2.36. The summed E-state index contributed by atoms with van der Waals surface area (Å²) in [5, 5.41) is 11.2. The summed E-state index contributed by atoms with van der Waals surface area (Å²) in [5.74, 6) is 0.626. The minimum Gasteiger partial charge on any atom is -0.486 e. The molecule has 0 radical (unpaired) electrons. The molecular weight excluding hydrogens is 316 g/mol. The summed E-state index contributed by atoms with van der Waals surface area (Å²) in [6.45, 7) is 0.650. The molecule has 2 atom stereocenters. The molecule has 0 spiro atoms. The van der Waals surface area contributed by atoms with Gasteiger partial charge < -0.3 is 19.3 Å². The van der Waals surface area contributed by atoms with Crippen molar-refractivity contribution < 1.29 is 14.6 Å². The van der Waals surface area contributed by atoms with Crippen molar-refractivity contribution in [3.8, 4) is 5.75 Å². The molecular formula is C20H20N2O3. The minimum absolute atomic E-state index is 0.0741. The fourth-order valence-electron chi connectivity index (χ4n) is 3.39. The lowest BCUT2D eigenvalue weighted by Crippen LogP contribution is -2.31. The summed E-state index contributed by atoms with van der Waals surface area (Å²) < 4.78 is 7.80. The minimum atomic E-state index is -0.695. The van der Waals surface area contributed by atoms with Crippen molar-refractivity contribution in [2.75, 3.05) is 13.1 Å². The number of benzene rings is 2. The third-order valence-corrected chi connectivity index (χ3v) is 4.68. The van der Waals surface area contributed by atoms with Gasteiger partial charge in [-0.1, -0.05) is 36.4 Å². The van der Waals surface area contributed by atoms with Crippen LogP contribution in [0.3, 0.4) is 0 Å². The topological polar surface area (TPSA) is 54.7 Å². The monoisotopic (exact) mass is 336 g/mol. The standard InChI is InChI=1S/C20H20N2O3/c1-21-11-16(15-9-5-6-10-17(15)21)20(24)22-12-18(23)19(13-22)25-14-7-3-2-4-8-14/h2-11,18-19,23H,12-13H2,1H3/t18-,19-/m1/s1. The van der Waals surface area contributed by atoms with Gasteiger partial charge in [-0.3, -0.25) is 4.79 Å². The molecule has 2 heterocycles. The maximum atomic E-state index is 13.0. The highest BCUT2D eigenvalue weighted by Crippen LogP contribution is 2.25. The largest absolute Gasteiger partial charge is 0.486 e. The van der Waals surface area contributed by atoms with Crippen molar-refractivity contribution in [2.45, 2.75) is 12.2 Å². The van der Waals surface area contributed by atoms with Crippen molar-refractivity contribution in [3.63, 3.8) is 0 Å². The van der Waals surface area contributed by atoms with E-state index in [-0.39, 0.29) is 12.5 Å². The smallest absolute Gasteiger partial charge is 0.256 e. The lowest BCUT2D eigenvalue weighted by molar-refractivity contribution is 0.0730. The average Bonchev–Trinajstić information content (AvgIpc) is 3.16. The number of aryl methyl sites for hydroxylation is 1. The second kappa shape index (κ2) is 6.26. The predicted octanol–water partition coefficient (Wildman–Crippen LogP) is 2.44. The number of likely N-dealkylation sites (tertiary alicyclic amines) is 1. The predicted molar refractivity (Wildman–Crippen MR) is 95.7 cm³/mol. The Morgan fingerprint density at radius 1 is 1.08 bits per heavy atom. The van der Waals surface area contributed by atoms with Crippen LogP contribution in [-0.2, 0) is 7.05 Å². The number of carbonyl (C=O) groups is 1. The zero-order valence-electron chi connectivity index (χ0n) is 14.0. The van der Waals surface area contributed by atoms with E-state index in [1.807, 2.05) is 72.4 Å². The molecule has 1 amide bonds. The van der Waals surface area contributed by atoms with Gasteiger partial charge in [0.25, 0.3) is 5.91 Å². The Hall–Kier alpha value is -2.79. The molecule has 1 fully saturated rings. The summed E-state index contributed by atoms with van der Waals surface area (Å²) in [5.41, 5.74) is 1.67. The molecule has 5 nitrogen and oxygen atoms in total. The molecule has 0 saturated carbocycles. The normalized spacial score (nSPS) is 20.2. The van der Waals surface area contributed by atoms with E-state index in [4.69, 9.17) is 4.74 Å². The van der Waals surface area contributed by atoms with Crippen LogP contribution in [0.4, 0.5) is 0 Å². The maximum absolute atomic E-state index is 13.0. The van der Waals surface area contributed by atoms with E-state index in [9.17, 15) is 9.90 Å². The molecule has 0 unspecified atom stereocenters. The molecule has 128 valence electrons. The van der Waals surface area contributed by atoms with Crippen LogP contribution >= 0.6 is 0 Å². The van der Waals surface area contributed by atoms with Crippen LogP contribution in [0.15, 0.2) is 60.8 Å². The second-order valence-corrected chi connectivity index (χ2v) is 6.42. The Morgan fingerprint density at radius 3 is 2.60 bits per heavy atom. The first-order valence-electron chi connectivity index (χ1n) is 8.36. The van der Waals surface area contributed by atoms with E-state index in [1.165, 1.54) is 0 Å². The van der Waals surface area contributed by atoms with E-state index >= 15 is 0 Å². The van der Waals surface area contributed by atoms with Crippen molar-refractivity contribution in [1.82, 2.24) is 9.47 Å². The molecule has 1 N–H and O–H groups in total. The van der Waals surface area contributed by atoms with Gasteiger partial charge >= 0.3 is 0 Å². The van der Waals surface area contributed by atoms with Crippen molar-refractivity contribution in [1.29, 1.82) is 0 Å². The fraction of sp³-hybridized carbons (Fsp3) is 0.250. The highest BCUT2D eigenvalue weighted by atomic mass is 16.5. The van der Waals surface area contributed by atoms with E-state index in [2.05, 4.69) is 0 Å². The number of ether oxygens (including phenoxy) is 1. The molecule has 1 aliphatic rings. The summed E-state index contributed by atoms with van der Waals surface area (Å²) >= 11 is 0. The highest BCUT2D eigenvalue weighted by molar-refractivity contribution is 6.07. The summed E-state index contributed by atoms with van der Waals surface area (Å²) in [4.78, 5) is 14.6. The fourth-order valence-corrected chi connectivity index (χ4v) is 3.39. The van der Waals surface area contributed by atoms with Crippen LogP contribution in [0, 0.1) is 0 Å². The number of hydrogen-bond acceptors (Lipinski definition) is 3. The molecule has 0 bridgehead atoms. The molecule has 1 aliphatic heterocycles. The van der Waals surface area contributed by atoms with Gasteiger partial charge in [0.1, 0.15) is 18.0 Å². The molecule has 5 heteroatoms. The second-order valence-electron chi connectivity index (χ2n) is 6.42. The lowest BCUT2D eigenvalue weighted by atomic mass is 10.1. The zero-order valence-corrected chi connectivity index (χ0v) is 14.0. The van der Waals surface area contributed by atoms with Crippen LogP contribution in [0.25, 0.3) is 10.9 Å². The first kappa shape index (κ1) is 15.7. The number of aliphatic hydroxyl groups is 1. The van der Waals surface area contributed by atoms with Crippen LogP contribution in [-0.4, -0.2) is 45.8 Å². The van der Waals surface area contributed by atoms with Crippen LogP contribution in [0.1, 0.15) is 10.4 Å². The molecule has 3 aromatic rings. The van der Waals surface area contributed by atoms with Gasteiger partial charge in [-0.25, -0.2) is 0 Å². The third kappa shape index (κ3) is 2.87. The van der Waals surface area contributed by atoms with Crippen LogP contribution < -0.4 is 4.74 Å². The van der Waals surface area contributed by atoms with E-state index in [0.29, 0.717) is 17.9 Å². The van der Waals surface area contributed by atoms with Gasteiger partial charge in [-0.15, -0.1) is 0 Å². The SMILES string of the molecule is Cn1cc(C(=O)N2C[C@@H](O)[C@H](Oc3ccccc3)C2)c2ccccc21. The summed E-state index contributed by atoms with van der Waals surface area (Å²) in [6, 6.07) is 17.2. The average molecular weight is 336 g/mol. The quantitative estimate of drug-likeness (QED) is 0.799. The van der Waals surface area contributed by atoms with E-state index in [0.717, 1.165) is 10.9 Å². The zero-order chi connectivity index (χ0) is 17.4. The van der Waals surface area contributed by atoms with Gasteiger partial charge in [-0.05, 0) is 18.2 Å². The van der Waals surface area contributed by atoms with Gasteiger partial charge in [0, 0.05) is 24.1 Å². The van der Waals surface area contributed by atoms with Gasteiger partial charge in [0.15, 0.2) is 0 Å². The number of rotatable bonds is 3. The number of aliphatic hydroxyl groups excluding tert-OH is 1. The molecule has 4 rings (SSSR count). The molecule has 1 aromatic heterocycles. The molecule has 2 aromatic carbocycles. The van der Waals surface area contributed by atoms with Gasteiger partial charge in [0.05, 0.1) is 18.7 Å². The number of amides is 1. The molecule has 0 aliphatic carbocycles. The molecule has 1 saturated heterocycles. The Balaban J connectivity index is 1.55. The number of aromatic nitrogens is 1. The summed E-state index contributed by atoms with van der Waals surface area (Å²) in [6.07, 6.45) is 0.741. The maximum Gasteiger partial charge on any atom is 0.256 e. The van der Waals surface area contributed by atoms with Crippen molar-refractivity contribution >= 4 is 16.8 Å². The van der Waals surface area contributed by atoms with Gasteiger partial charge in [0.2, 0.25) is 0 Å². The van der Waals surface area contributed by atoms with Gasteiger partial charge in [-0.2, -0.15) is 0 Å². The number of β-amino-alcohol motifs (C(OH)–C–C–N with tert-alkyl or cyclic N) is 1. The van der Waals surface area contributed by atoms with Crippen LogP contribution in [0.5, 0.6) is 5.75 Å². The van der Waals surface area contributed by atoms with Crippen molar-refractivity contribution in [3.05, 3.63) is 66.4 Å². The number of carbonyl (C=O) groups excluding carboxylic acids is 1. The lowest BCUT2D eigenvalue weighted by Gasteiger charge is -2.17. The number of para-hydroxylation sites is 2. The number of hydrogen-bond donors (Lipinski definition) is 1. The number of fused-ring (bicyclic) bond motifs is 1. The Labute approximate surface area is 146 Å². The van der Waals surface area contributed by atoms with E-state index < -0.39 is 12.2 Å². The Kier molecular flexibility index (Phi) is 3.93. The third-order valence-electron chi connectivity index (χ3n) is 4.68. The Bertz CT molecular complexity index is 904. The number of nitrogens with zero attached hydrogens (tertiary/aromatic N) is 2. The first-order valence-corrected chi connectivity index (χ1v) is 8.36. The first-order chi connectivity index (χ1) is 12.1. The van der Waals surface area contributed by atoms with E-state index in [1.54, 1.807) is 4.90 Å². The molecule has 25 heavy (non-hydrogen) atoms. The Morgan fingerprint density at radius 2 is 1.80 bits per heavy atom.